The number of nitrogens with zero attached hydrogens (tertiary/aromatic N) is 1. The molecule has 0 unspecified atom stereocenters. The van der Waals surface area contributed by atoms with E-state index in [0.29, 0.717) is 18.9 Å². The molecule has 1 saturated heterocycles. The van der Waals surface area contributed by atoms with Gasteiger partial charge in [-0.2, -0.15) is 0 Å². The molecule has 4 rings (SSSR count). The number of anilines is 1. The zero-order valence-corrected chi connectivity index (χ0v) is 18.3. The van der Waals surface area contributed by atoms with E-state index in [1.165, 1.54) is 25.7 Å². The number of hydrogen-bond acceptors (Lipinski definition) is 3. The number of amides is 2. The van der Waals surface area contributed by atoms with E-state index in [1.807, 2.05) is 53.4 Å². The first-order valence-electron chi connectivity index (χ1n) is 11.5. The Labute approximate surface area is 184 Å². The van der Waals surface area contributed by atoms with Gasteiger partial charge < -0.3 is 15.0 Å². The summed E-state index contributed by atoms with van der Waals surface area (Å²) in [6, 6.07) is 15.8. The van der Waals surface area contributed by atoms with Crippen molar-refractivity contribution in [3.05, 3.63) is 48.5 Å². The SMILES string of the molecule is COc1cccc(-c2ccc(NC(=O)[C@H]3CCCN(C(=O)CC4CCCC4)C3)cc2)c1. The molecule has 2 aliphatic rings. The van der Waals surface area contributed by atoms with Gasteiger partial charge in [0.05, 0.1) is 13.0 Å². The largest absolute Gasteiger partial charge is 0.497 e. The highest BCUT2D eigenvalue weighted by molar-refractivity contribution is 5.93. The van der Waals surface area contributed by atoms with Crippen LogP contribution in [-0.4, -0.2) is 36.9 Å². The highest BCUT2D eigenvalue weighted by atomic mass is 16.5. The average molecular weight is 421 g/mol. The summed E-state index contributed by atoms with van der Waals surface area (Å²) >= 11 is 0. The number of rotatable bonds is 6. The molecule has 1 saturated carbocycles. The summed E-state index contributed by atoms with van der Waals surface area (Å²) in [5.41, 5.74) is 2.92. The van der Waals surface area contributed by atoms with Crippen LogP contribution in [0.4, 0.5) is 5.69 Å². The summed E-state index contributed by atoms with van der Waals surface area (Å²) < 4.78 is 5.30. The molecule has 1 heterocycles. The molecule has 0 aromatic heterocycles. The second kappa shape index (κ2) is 9.99. The van der Waals surface area contributed by atoms with Gasteiger partial charge in [-0.15, -0.1) is 0 Å². The summed E-state index contributed by atoms with van der Waals surface area (Å²) in [7, 11) is 1.66. The molecule has 1 aliphatic heterocycles. The minimum Gasteiger partial charge on any atom is -0.497 e. The maximum Gasteiger partial charge on any atom is 0.229 e. The molecular formula is C26H32N2O3. The molecule has 164 valence electrons. The molecule has 5 heteroatoms. The molecule has 2 amide bonds. The van der Waals surface area contributed by atoms with Crippen molar-refractivity contribution in [2.24, 2.45) is 11.8 Å². The maximum atomic E-state index is 12.9. The Hall–Kier alpha value is -2.82. The van der Waals surface area contributed by atoms with Gasteiger partial charge in [-0.05, 0) is 67.0 Å². The molecule has 2 aromatic rings. The van der Waals surface area contributed by atoms with Crippen LogP contribution < -0.4 is 10.1 Å². The van der Waals surface area contributed by atoms with Gasteiger partial charge in [0, 0.05) is 25.2 Å². The Balaban J connectivity index is 1.33. The van der Waals surface area contributed by atoms with Gasteiger partial charge in [0.25, 0.3) is 0 Å². The third-order valence-corrected chi connectivity index (χ3v) is 6.64. The zero-order chi connectivity index (χ0) is 21.6. The fourth-order valence-corrected chi connectivity index (χ4v) is 4.80. The summed E-state index contributed by atoms with van der Waals surface area (Å²) in [4.78, 5) is 27.5. The van der Waals surface area contributed by atoms with E-state index >= 15 is 0 Å². The molecule has 1 atom stereocenters. The number of hydrogen-bond donors (Lipinski definition) is 1. The van der Waals surface area contributed by atoms with E-state index in [1.54, 1.807) is 7.11 Å². The van der Waals surface area contributed by atoms with Crippen LogP contribution in [0.1, 0.15) is 44.9 Å². The standard InChI is InChI=1S/C26H32N2O3/c1-31-24-10-4-8-21(17-24)20-11-13-23(14-12-20)27-26(30)22-9-5-15-28(18-22)25(29)16-19-6-2-3-7-19/h4,8,10-14,17,19,22H,2-3,5-7,9,15-16,18H2,1H3,(H,27,30)/t22-/m0/s1. The fourth-order valence-electron chi connectivity index (χ4n) is 4.80. The topological polar surface area (TPSA) is 58.6 Å². The summed E-state index contributed by atoms with van der Waals surface area (Å²) in [5, 5.41) is 3.04. The lowest BCUT2D eigenvalue weighted by Gasteiger charge is -2.32. The van der Waals surface area contributed by atoms with Crippen molar-refractivity contribution >= 4 is 17.5 Å². The highest BCUT2D eigenvalue weighted by Crippen LogP contribution is 2.29. The monoisotopic (exact) mass is 420 g/mol. The number of nitrogens with one attached hydrogen (secondary N) is 1. The molecule has 0 spiro atoms. The van der Waals surface area contributed by atoms with Gasteiger partial charge in [0.2, 0.25) is 11.8 Å². The number of carbonyl (C=O) groups is 2. The smallest absolute Gasteiger partial charge is 0.229 e. The summed E-state index contributed by atoms with van der Waals surface area (Å²) in [5.74, 6) is 1.46. The zero-order valence-electron chi connectivity index (χ0n) is 18.3. The van der Waals surface area contributed by atoms with Gasteiger partial charge in [-0.3, -0.25) is 9.59 Å². The lowest BCUT2D eigenvalue weighted by atomic mass is 9.95. The predicted molar refractivity (Wildman–Crippen MR) is 123 cm³/mol. The van der Waals surface area contributed by atoms with E-state index in [9.17, 15) is 9.59 Å². The molecule has 5 nitrogen and oxygen atoms in total. The molecule has 1 N–H and O–H groups in total. The molecule has 31 heavy (non-hydrogen) atoms. The van der Waals surface area contributed by atoms with Gasteiger partial charge in [0.1, 0.15) is 5.75 Å². The summed E-state index contributed by atoms with van der Waals surface area (Å²) in [6.07, 6.45) is 7.23. The molecule has 2 aromatic carbocycles. The van der Waals surface area contributed by atoms with Crippen molar-refractivity contribution in [2.75, 3.05) is 25.5 Å². The number of carbonyl (C=O) groups excluding carboxylic acids is 2. The minimum atomic E-state index is -0.140. The van der Waals surface area contributed by atoms with Crippen molar-refractivity contribution in [3.63, 3.8) is 0 Å². The number of ether oxygens (including phenoxy) is 1. The fraction of sp³-hybridized carbons (Fsp3) is 0.462. The third kappa shape index (κ3) is 5.46. The van der Waals surface area contributed by atoms with Crippen LogP contribution in [0.25, 0.3) is 11.1 Å². The number of likely N-dealkylation sites (tertiary alicyclic amines) is 1. The minimum absolute atomic E-state index is 0.00694. The Morgan fingerprint density at radius 3 is 2.52 bits per heavy atom. The quantitative estimate of drug-likeness (QED) is 0.706. The van der Waals surface area contributed by atoms with E-state index in [-0.39, 0.29) is 17.7 Å². The van der Waals surface area contributed by atoms with Gasteiger partial charge in [0.15, 0.2) is 0 Å². The van der Waals surface area contributed by atoms with Crippen LogP contribution in [0.15, 0.2) is 48.5 Å². The number of piperidine rings is 1. The van der Waals surface area contributed by atoms with Gasteiger partial charge in [-0.25, -0.2) is 0 Å². The van der Waals surface area contributed by atoms with Crippen molar-refractivity contribution in [2.45, 2.75) is 44.9 Å². The van der Waals surface area contributed by atoms with Gasteiger partial charge in [-0.1, -0.05) is 37.1 Å². The lowest BCUT2D eigenvalue weighted by Crippen LogP contribution is -2.44. The van der Waals surface area contributed by atoms with Crippen molar-refractivity contribution in [3.8, 4) is 16.9 Å². The molecular weight excluding hydrogens is 388 g/mol. The van der Waals surface area contributed by atoms with Crippen molar-refractivity contribution in [1.29, 1.82) is 0 Å². The first kappa shape index (κ1) is 21.4. The van der Waals surface area contributed by atoms with E-state index in [2.05, 4.69) is 5.32 Å². The Kier molecular flexibility index (Phi) is 6.90. The first-order valence-corrected chi connectivity index (χ1v) is 11.5. The summed E-state index contributed by atoms with van der Waals surface area (Å²) in [6.45, 7) is 1.32. The predicted octanol–water partition coefficient (Wildman–Crippen LogP) is 5.12. The van der Waals surface area contributed by atoms with Gasteiger partial charge >= 0.3 is 0 Å². The van der Waals surface area contributed by atoms with Crippen LogP contribution in [0, 0.1) is 11.8 Å². The molecule has 1 aliphatic carbocycles. The average Bonchev–Trinajstić information content (AvgIpc) is 3.32. The lowest BCUT2D eigenvalue weighted by molar-refractivity contribution is -0.135. The van der Waals surface area contributed by atoms with E-state index in [0.717, 1.165) is 42.0 Å². The van der Waals surface area contributed by atoms with E-state index in [4.69, 9.17) is 4.74 Å². The van der Waals surface area contributed by atoms with Crippen LogP contribution in [0.3, 0.4) is 0 Å². The van der Waals surface area contributed by atoms with E-state index < -0.39 is 0 Å². The normalized spacial score (nSPS) is 19.3. The number of methoxy groups -OCH3 is 1. The van der Waals surface area contributed by atoms with Crippen molar-refractivity contribution < 1.29 is 14.3 Å². The third-order valence-electron chi connectivity index (χ3n) is 6.64. The maximum absolute atomic E-state index is 12.9. The van der Waals surface area contributed by atoms with Crippen LogP contribution in [-0.2, 0) is 9.59 Å². The van der Waals surface area contributed by atoms with Crippen LogP contribution in [0.2, 0.25) is 0 Å². The Morgan fingerprint density at radius 1 is 1.00 bits per heavy atom. The van der Waals surface area contributed by atoms with Crippen LogP contribution >= 0.6 is 0 Å². The molecule has 0 radical (unpaired) electrons. The number of benzene rings is 2. The second-order valence-electron chi connectivity index (χ2n) is 8.83. The first-order chi connectivity index (χ1) is 15.1. The second-order valence-corrected chi connectivity index (χ2v) is 8.83. The van der Waals surface area contributed by atoms with Crippen LogP contribution in [0.5, 0.6) is 5.75 Å². The molecule has 2 fully saturated rings. The Bertz CT molecular complexity index is 903. The Morgan fingerprint density at radius 2 is 1.77 bits per heavy atom. The van der Waals surface area contributed by atoms with Crippen molar-refractivity contribution in [1.82, 2.24) is 4.90 Å². The highest BCUT2D eigenvalue weighted by Gasteiger charge is 2.30. The molecule has 0 bridgehead atoms.